The van der Waals surface area contributed by atoms with E-state index in [0.717, 1.165) is 11.4 Å². The van der Waals surface area contributed by atoms with E-state index in [1.807, 2.05) is 43.3 Å². The fourth-order valence-electron chi connectivity index (χ4n) is 2.16. The van der Waals surface area contributed by atoms with Crippen molar-refractivity contribution in [2.45, 2.75) is 12.8 Å². The molecule has 2 rings (SSSR count). The highest BCUT2D eigenvalue weighted by atomic mass is 16.2. The van der Waals surface area contributed by atoms with E-state index in [-0.39, 0.29) is 17.7 Å². The monoisotopic (exact) mass is 261 g/mol. The molecule has 5 nitrogen and oxygen atoms in total. The van der Waals surface area contributed by atoms with Gasteiger partial charge < -0.3 is 15.5 Å². The highest BCUT2D eigenvalue weighted by molar-refractivity contribution is 5.96. The fourth-order valence-corrected chi connectivity index (χ4v) is 2.16. The molecule has 5 heteroatoms. The van der Waals surface area contributed by atoms with Crippen LogP contribution in [-0.4, -0.2) is 32.5 Å². The highest BCUT2D eigenvalue weighted by Crippen LogP contribution is 2.24. The van der Waals surface area contributed by atoms with Gasteiger partial charge in [0, 0.05) is 27.1 Å². The van der Waals surface area contributed by atoms with Crippen molar-refractivity contribution in [2.24, 2.45) is 5.92 Å². The second kappa shape index (κ2) is 5.73. The topological polar surface area (TPSA) is 61.4 Å². The van der Waals surface area contributed by atoms with Crippen LogP contribution < -0.4 is 15.5 Å². The first-order chi connectivity index (χ1) is 9.08. The standard InChI is InChI=1S/C14H19N3O2/c1-17(2)12-6-4-3-5-11(12)16-14(19)10-7-8-13(18)15-9-10/h3-6,10H,7-9H2,1-2H3,(H,15,18)(H,16,19). The van der Waals surface area contributed by atoms with Crippen molar-refractivity contribution >= 4 is 23.2 Å². The molecule has 1 unspecified atom stereocenters. The van der Waals surface area contributed by atoms with Crippen LogP contribution in [0.2, 0.25) is 0 Å². The molecule has 1 aliphatic heterocycles. The molecule has 1 aliphatic rings. The average molecular weight is 261 g/mol. The van der Waals surface area contributed by atoms with Gasteiger partial charge in [0.15, 0.2) is 0 Å². The van der Waals surface area contributed by atoms with Gasteiger partial charge in [-0.3, -0.25) is 9.59 Å². The Morgan fingerprint density at radius 2 is 2.11 bits per heavy atom. The Kier molecular flexibility index (Phi) is 4.04. The summed E-state index contributed by atoms with van der Waals surface area (Å²) in [6, 6.07) is 7.67. The molecule has 19 heavy (non-hydrogen) atoms. The number of anilines is 2. The van der Waals surface area contributed by atoms with Gasteiger partial charge in [-0.1, -0.05) is 12.1 Å². The Balaban J connectivity index is 2.05. The number of nitrogens with zero attached hydrogens (tertiary/aromatic N) is 1. The minimum absolute atomic E-state index is 0.0257. The van der Waals surface area contributed by atoms with E-state index < -0.39 is 0 Å². The fraction of sp³-hybridized carbons (Fsp3) is 0.429. The van der Waals surface area contributed by atoms with Crippen LogP contribution in [0.1, 0.15) is 12.8 Å². The summed E-state index contributed by atoms with van der Waals surface area (Å²) in [4.78, 5) is 25.2. The quantitative estimate of drug-likeness (QED) is 0.860. The normalized spacial score (nSPS) is 18.6. The molecule has 2 N–H and O–H groups in total. The maximum atomic E-state index is 12.2. The smallest absolute Gasteiger partial charge is 0.229 e. The van der Waals surface area contributed by atoms with Crippen LogP contribution in [0.5, 0.6) is 0 Å². The van der Waals surface area contributed by atoms with Crippen molar-refractivity contribution in [3.63, 3.8) is 0 Å². The summed E-state index contributed by atoms with van der Waals surface area (Å²) < 4.78 is 0. The maximum absolute atomic E-state index is 12.2. The van der Waals surface area contributed by atoms with Gasteiger partial charge in [0.25, 0.3) is 0 Å². The number of nitrogens with one attached hydrogen (secondary N) is 2. The third-order valence-corrected chi connectivity index (χ3v) is 3.28. The molecule has 1 aromatic carbocycles. The molecule has 1 fully saturated rings. The summed E-state index contributed by atoms with van der Waals surface area (Å²) in [5, 5.41) is 5.67. The highest BCUT2D eigenvalue weighted by Gasteiger charge is 2.24. The summed E-state index contributed by atoms with van der Waals surface area (Å²) >= 11 is 0. The van der Waals surface area contributed by atoms with Gasteiger partial charge in [0.2, 0.25) is 11.8 Å². The minimum Gasteiger partial charge on any atom is -0.376 e. The van der Waals surface area contributed by atoms with Crippen LogP contribution in [-0.2, 0) is 9.59 Å². The number of amides is 2. The van der Waals surface area contributed by atoms with E-state index in [2.05, 4.69) is 10.6 Å². The molecule has 0 aromatic heterocycles. The molecule has 1 atom stereocenters. The molecule has 0 spiro atoms. The third kappa shape index (κ3) is 3.24. The minimum atomic E-state index is -0.145. The molecule has 0 aliphatic carbocycles. The van der Waals surface area contributed by atoms with Crippen molar-refractivity contribution in [1.29, 1.82) is 0 Å². The third-order valence-electron chi connectivity index (χ3n) is 3.28. The van der Waals surface area contributed by atoms with Crippen LogP contribution in [0.4, 0.5) is 11.4 Å². The van der Waals surface area contributed by atoms with Gasteiger partial charge in [0.05, 0.1) is 17.3 Å². The van der Waals surface area contributed by atoms with Crippen molar-refractivity contribution < 1.29 is 9.59 Å². The van der Waals surface area contributed by atoms with Crippen molar-refractivity contribution in [3.05, 3.63) is 24.3 Å². The number of carbonyl (C=O) groups excluding carboxylic acids is 2. The van der Waals surface area contributed by atoms with Crippen LogP contribution >= 0.6 is 0 Å². The lowest BCUT2D eigenvalue weighted by atomic mass is 9.98. The Morgan fingerprint density at radius 1 is 1.37 bits per heavy atom. The number of piperidine rings is 1. The number of hydrogen-bond acceptors (Lipinski definition) is 3. The maximum Gasteiger partial charge on any atom is 0.229 e. The first-order valence-corrected chi connectivity index (χ1v) is 6.42. The Labute approximate surface area is 113 Å². The van der Waals surface area contributed by atoms with E-state index >= 15 is 0 Å². The second-order valence-corrected chi connectivity index (χ2v) is 4.94. The molecular weight excluding hydrogens is 242 g/mol. The Bertz CT molecular complexity index is 475. The van der Waals surface area contributed by atoms with E-state index in [1.165, 1.54) is 0 Å². The zero-order valence-electron chi connectivity index (χ0n) is 11.3. The van der Waals surface area contributed by atoms with Gasteiger partial charge in [-0.25, -0.2) is 0 Å². The number of benzene rings is 1. The second-order valence-electron chi connectivity index (χ2n) is 4.94. The van der Waals surface area contributed by atoms with Crippen LogP contribution in [0, 0.1) is 5.92 Å². The van der Waals surface area contributed by atoms with Gasteiger partial charge >= 0.3 is 0 Å². The summed E-state index contributed by atoms with van der Waals surface area (Å²) in [6.07, 6.45) is 1.04. The Hall–Kier alpha value is -2.04. The molecule has 0 radical (unpaired) electrons. The van der Waals surface area contributed by atoms with Crippen molar-refractivity contribution in [2.75, 3.05) is 30.9 Å². The van der Waals surface area contributed by atoms with Gasteiger partial charge in [-0.05, 0) is 18.6 Å². The molecule has 2 amide bonds. The summed E-state index contributed by atoms with van der Waals surface area (Å²) in [5.41, 5.74) is 1.77. The Morgan fingerprint density at radius 3 is 2.74 bits per heavy atom. The number of carbonyl (C=O) groups is 2. The predicted octanol–water partition coefficient (Wildman–Crippen LogP) is 1.22. The van der Waals surface area contributed by atoms with E-state index in [1.54, 1.807) is 0 Å². The van der Waals surface area contributed by atoms with E-state index in [9.17, 15) is 9.59 Å². The molecule has 0 saturated carbocycles. The van der Waals surface area contributed by atoms with Gasteiger partial charge in [-0.15, -0.1) is 0 Å². The summed E-state index contributed by atoms with van der Waals surface area (Å²) in [7, 11) is 3.87. The molecule has 1 heterocycles. The molecule has 1 aromatic rings. The van der Waals surface area contributed by atoms with Crippen LogP contribution in [0.25, 0.3) is 0 Å². The van der Waals surface area contributed by atoms with Crippen molar-refractivity contribution in [3.8, 4) is 0 Å². The molecule has 1 saturated heterocycles. The SMILES string of the molecule is CN(C)c1ccccc1NC(=O)C1CCC(=O)NC1. The van der Waals surface area contributed by atoms with Crippen LogP contribution in [0.3, 0.4) is 0 Å². The van der Waals surface area contributed by atoms with E-state index in [0.29, 0.717) is 19.4 Å². The van der Waals surface area contributed by atoms with Gasteiger partial charge in [0.1, 0.15) is 0 Å². The molecule has 0 bridgehead atoms. The van der Waals surface area contributed by atoms with Crippen LogP contribution in [0.15, 0.2) is 24.3 Å². The lowest BCUT2D eigenvalue weighted by molar-refractivity contribution is -0.126. The lowest BCUT2D eigenvalue weighted by Crippen LogP contribution is -2.40. The largest absolute Gasteiger partial charge is 0.376 e. The summed E-state index contributed by atoms with van der Waals surface area (Å²) in [5.74, 6) is -0.153. The number of para-hydroxylation sites is 2. The first-order valence-electron chi connectivity index (χ1n) is 6.42. The molecule has 102 valence electrons. The predicted molar refractivity (Wildman–Crippen MR) is 75.1 cm³/mol. The molecular formula is C14H19N3O2. The first kappa shape index (κ1) is 13.4. The zero-order chi connectivity index (χ0) is 13.8. The zero-order valence-corrected chi connectivity index (χ0v) is 11.3. The summed E-state index contributed by atoms with van der Waals surface area (Å²) in [6.45, 7) is 0.425. The lowest BCUT2D eigenvalue weighted by Gasteiger charge is -2.23. The van der Waals surface area contributed by atoms with Gasteiger partial charge in [-0.2, -0.15) is 0 Å². The number of hydrogen-bond donors (Lipinski definition) is 2. The average Bonchev–Trinajstić information content (AvgIpc) is 2.39. The van der Waals surface area contributed by atoms with E-state index in [4.69, 9.17) is 0 Å². The van der Waals surface area contributed by atoms with Crippen molar-refractivity contribution in [1.82, 2.24) is 5.32 Å². The number of rotatable bonds is 3.